The average Bonchev–Trinajstić information content (AvgIpc) is 3.29. The number of ether oxygens (including phenoxy) is 2. The molecule has 1 saturated carbocycles. The lowest BCUT2D eigenvalue weighted by Gasteiger charge is -2.20. The van der Waals surface area contributed by atoms with Gasteiger partial charge in [-0.15, -0.1) is 0 Å². The molecule has 1 aromatic carbocycles. The van der Waals surface area contributed by atoms with E-state index in [-0.39, 0.29) is 24.0 Å². The Hall–Kier alpha value is -2.18. The molecule has 3 rings (SSSR count). The van der Waals surface area contributed by atoms with E-state index in [1.165, 1.54) is 18.2 Å². The molecular weight excluding hydrogens is 284 g/mol. The minimum atomic E-state index is -4.09. The van der Waals surface area contributed by atoms with E-state index in [0.29, 0.717) is 25.2 Å². The number of carbonyl (C=O) groups excluding carboxylic acids is 2. The second-order valence-electron chi connectivity index (χ2n) is 5.01. The summed E-state index contributed by atoms with van der Waals surface area (Å²) in [5.74, 6) is -6.57. The molecule has 21 heavy (non-hydrogen) atoms. The summed E-state index contributed by atoms with van der Waals surface area (Å²) in [6, 6.07) is 3.52. The van der Waals surface area contributed by atoms with Crippen molar-refractivity contribution in [3.63, 3.8) is 0 Å². The first kappa shape index (κ1) is 13.8. The molecule has 1 fully saturated rings. The van der Waals surface area contributed by atoms with Crippen LogP contribution in [-0.4, -0.2) is 36.9 Å². The van der Waals surface area contributed by atoms with Gasteiger partial charge in [-0.25, -0.2) is 0 Å². The number of fused-ring (bicyclic) bond motifs is 1. The lowest BCUT2D eigenvalue weighted by molar-refractivity contribution is -0.139. The van der Waals surface area contributed by atoms with Gasteiger partial charge >= 0.3 is 5.92 Å². The van der Waals surface area contributed by atoms with Gasteiger partial charge < -0.3 is 14.8 Å². The molecule has 1 aromatic rings. The largest absolute Gasteiger partial charge is 0.486 e. The zero-order valence-electron chi connectivity index (χ0n) is 11.0. The van der Waals surface area contributed by atoms with E-state index >= 15 is 0 Å². The molecule has 0 spiro atoms. The number of Topliss-reactive ketones (excluding diaryl/α,β-unsaturated/α-hetero) is 1. The minimum Gasteiger partial charge on any atom is -0.486 e. The van der Waals surface area contributed by atoms with Gasteiger partial charge in [0.05, 0.1) is 0 Å². The monoisotopic (exact) mass is 297 g/mol. The Balaban J connectivity index is 1.81. The predicted octanol–water partition coefficient (Wildman–Crippen LogP) is 1.55. The second kappa shape index (κ2) is 4.98. The number of carbonyl (C=O) groups is 2. The van der Waals surface area contributed by atoms with Crippen LogP contribution in [-0.2, 0) is 4.79 Å². The number of alkyl halides is 2. The number of amides is 1. The fourth-order valence-corrected chi connectivity index (χ4v) is 1.97. The highest BCUT2D eigenvalue weighted by atomic mass is 19.3. The Bertz CT molecular complexity index is 599. The Morgan fingerprint density at radius 3 is 2.48 bits per heavy atom. The van der Waals surface area contributed by atoms with Crippen LogP contribution in [0.5, 0.6) is 11.5 Å². The van der Waals surface area contributed by atoms with E-state index in [2.05, 4.69) is 5.32 Å². The maximum Gasteiger partial charge on any atom is 0.386 e. The summed E-state index contributed by atoms with van der Waals surface area (Å²) in [7, 11) is 0. The van der Waals surface area contributed by atoms with Crippen molar-refractivity contribution in [2.24, 2.45) is 0 Å². The molecule has 5 nitrogen and oxygen atoms in total. The van der Waals surface area contributed by atoms with Gasteiger partial charge in [-0.05, 0) is 31.0 Å². The molecule has 0 radical (unpaired) electrons. The van der Waals surface area contributed by atoms with Crippen LogP contribution in [0, 0.1) is 0 Å². The molecule has 1 aliphatic heterocycles. The Kier molecular flexibility index (Phi) is 3.27. The van der Waals surface area contributed by atoms with E-state index in [9.17, 15) is 18.4 Å². The first-order chi connectivity index (χ1) is 9.98. The van der Waals surface area contributed by atoms with Crippen molar-refractivity contribution in [3.8, 4) is 11.5 Å². The summed E-state index contributed by atoms with van der Waals surface area (Å²) < 4.78 is 38.3. The standard InChI is InChI=1S/C14H13F2NO4/c15-14(16,13(19)17-9-2-3-9)12(18)8-1-4-10-11(7-8)21-6-5-20-10/h1,4,7,9H,2-3,5-6H2,(H,17,19). The van der Waals surface area contributed by atoms with Gasteiger partial charge in [0.1, 0.15) is 13.2 Å². The zero-order chi connectivity index (χ0) is 15.0. The molecule has 1 N–H and O–H groups in total. The van der Waals surface area contributed by atoms with E-state index < -0.39 is 17.6 Å². The van der Waals surface area contributed by atoms with Crippen LogP contribution >= 0.6 is 0 Å². The van der Waals surface area contributed by atoms with Gasteiger partial charge in [0.2, 0.25) is 5.78 Å². The van der Waals surface area contributed by atoms with Gasteiger partial charge in [-0.3, -0.25) is 9.59 Å². The lowest BCUT2D eigenvalue weighted by Crippen LogP contribution is -2.46. The predicted molar refractivity (Wildman–Crippen MR) is 67.9 cm³/mol. The third-order valence-corrected chi connectivity index (χ3v) is 3.29. The average molecular weight is 297 g/mol. The van der Waals surface area contributed by atoms with Gasteiger partial charge in [-0.2, -0.15) is 8.78 Å². The second-order valence-corrected chi connectivity index (χ2v) is 5.01. The van der Waals surface area contributed by atoms with Crippen molar-refractivity contribution in [2.75, 3.05) is 13.2 Å². The quantitative estimate of drug-likeness (QED) is 0.676. The number of ketones is 1. The molecular formula is C14H13F2NO4. The van der Waals surface area contributed by atoms with E-state index in [0.717, 1.165) is 0 Å². The maximum absolute atomic E-state index is 13.9. The Labute approximate surface area is 119 Å². The minimum absolute atomic E-state index is 0.227. The van der Waals surface area contributed by atoms with Crippen LogP contribution in [0.2, 0.25) is 0 Å². The fraction of sp³-hybridized carbons (Fsp3) is 0.429. The lowest BCUT2D eigenvalue weighted by atomic mass is 10.0. The molecule has 0 aromatic heterocycles. The number of rotatable bonds is 4. The molecule has 0 unspecified atom stereocenters. The number of benzene rings is 1. The van der Waals surface area contributed by atoms with E-state index in [4.69, 9.17) is 9.47 Å². The highest BCUT2D eigenvalue weighted by molar-refractivity contribution is 6.15. The number of halogens is 2. The molecule has 0 atom stereocenters. The van der Waals surface area contributed by atoms with Crippen LogP contribution in [0.1, 0.15) is 23.2 Å². The molecule has 1 heterocycles. The summed E-state index contributed by atoms with van der Waals surface area (Å²) in [6.07, 6.45) is 1.33. The van der Waals surface area contributed by atoms with Crippen molar-refractivity contribution in [1.29, 1.82) is 0 Å². The first-order valence-corrected chi connectivity index (χ1v) is 6.62. The topological polar surface area (TPSA) is 64.6 Å². The molecule has 112 valence electrons. The molecule has 1 aliphatic carbocycles. The van der Waals surface area contributed by atoms with Crippen molar-refractivity contribution in [2.45, 2.75) is 24.8 Å². The summed E-state index contributed by atoms with van der Waals surface area (Å²) in [4.78, 5) is 23.4. The van der Waals surface area contributed by atoms with Gasteiger partial charge in [-0.1, -0.05) is 0 Å². The van der Waals surface area contributed by atoms with Crippen LogP contribution in [0.4, 0.5) is 8.78 Å². The summed E-state index contributed by atoms with van der Waals surface area (Å²) in [5, 5.41) is 2.14. The van der Waals surface area contributed by atoms with Crippen LogP contribution in [0.25, 0.3) is 0 Å². The van der Waals surface area contributed by atoms with Crippen molar-refractivity contribution in [3.05, 3.63) is 23.8 Å². The molecule has 0 saturated heterocycles. The van der Waals surface area contributed by atoms with Crippen LogP contribution in [0.15, 0.2) is 18.2 Å². The molecule has 1 amide bonds. The highest BCUT2D eigenvalue weighted by Gasteiger charge is 2.49. The number of hydrogen-bond acceptors (Lipinski definition) is 4. The van der Waals surface area contributed by atoms with E-state index in [1.807, 2.05) is 0 Å². The smallest absolute Gasteiger partial charge is 0.386 e. The highest BCUT2D eigenvalue weighted by Crippen LogP contribution is 2.33. The van der Waals surface area contributed by atoms with Crippen molar-refractivity contribution in [1.82, 2.24) is 5.32 Å². The third kappa shape index (κ3) is 2.68. The van der Waals surface area contributed by atoms with Gasteiger partial charge in [0, 0.05) is 11.6 Å². The maximum atomic E-state index is 13.9. The first-order valence-electron chi connectivity index (χ1n) is 6.62. The fourth-order valence-electron chi connectivity index (χ4n) is 1.97. The summed E-state index contributed by atoms with van der Waals surface area (Å²) >= 11 is 0. The van der Waals surface area contributed by atoms with E-state index in [1.54, 1.807) is 0 Å². The Morgan fingerprint density at radius 1 is 1.14 bits per heavy atom. The van der Waals surface area contributed by atoms with Crippen LogP contribution < -0.4 is 14.8 Å². The number of hydrogen-bond donors (Lipinski definition) is 1. The SMILES string of the molecule is O=C(NC1CC1)C(F)(F)C(=O)c1ccc2c(c1)OCCO2. The van der Waals surface area contributed by atoms with Crippen LogP contribution in [0.3, 0.4) is 0 Å². The summed E-state index contributed by atoms with van der Waals surface area (Å²) in [5.41, 5.74) is -0.282. The third-order valence-electron chi connectivity index (χ3n) is 3.29. The van der Waals surface area contributed by atoms with Crippen molar-refractivity contribution >= 4 is 11.7 Å². The van der Waals surface area contributed by atoms with Gasteiger partial charge in [0.15, 0.2) is 11.5 Å². The summed E-state index contributed by atoms with van der Waals surface area (Å²) in [6.45, 7) is 0.642. The van der Waals surface area contributed by atoms with Crippen molar-refractivity contribution < 1.29 is 27.8 Å². The number of nitrogens with one attached hydrogen (secondary N) is 1. The molecule has 7 heteroatoms. The van der Waals surface area contributed by atoms with Gasteiger partial charge in [0.25, 0.3) is 5.91 Å². The normalized spacial score (nSPS) is 17.2. The molecule has 2 aliphatic rings. The molecule has 0 bridgehead atoms. The zero-order valence-corrected chi connectivity index (χ0v) is 11.0. The Morgan fingerprint density at radius 2 is 1.81 bits per heavy atom.